The molecule has 0 unspecified atom stereocenters. The number of unbranched alkanes of at least 4 members (excludes halogenated alkanes) is 1. The highest BCUT2D eigenvalue weighted by Gasteiger charge is 2.23. The molecule has 4 aromatic rings. The van der Waals surface area contributed by atoms with Crippen molar-refractivity contribution in [2.24, 2.45) is 7.05 Å². The van der Waals surface area contributed by atoms with Gasteiger partial charge < -0.3 is 0 Å². The fourth-order valence-electron chi connectivity index (χ4n) is 4.01. The molecule has 0 spiro atoms. The zero-order chi connectivity index (χ0) is 21.0. The van der Waals surface area contributed by atoms with Crippen LogP contribution in [0.15, 0.2) is 27.8 Å². The van der Waals surface area contributed by atoms with Crippen molar-refractivity contribution in [1.82, 2.24) is 23.1 Å². The third kappa shape index (κ3) is 2.68. The number of nitrogens with zero attached hydrogens (tertiary/aromatic N) is 5. The number of fused-ring (bicyclic) bond motifs is 3. The molecule has 29 heavy (non-hydrogen) atoms. The minimum Gasteiger partial charge on any atom is -0.282 e. The number of hydrogen-bond donors (Lipinski definition) is 0. The summed E-state index contributed by atoms with van der Waals surface area (Å²) < 4.78 is 6.81. The third-order valence-corrected chi connectivity index (χ3v) is 5.86. The number of aryl methyl sites for hydroxylation is 4. The van der Waals surface area contributed by atoms with Crippen LogP contribution < -0.4 is 11.2 Å². The van der Waals surface area contributed by atoms with E-state index in [4.69, 9.17) is 4.98 Å². The predicted octanol–water partition coefficient (Wildman–Crippen LogP) is 3.17. The van der Waals surface area contributed by atoms with Gasteiger partial charge in [0, 0.05) is 25.0 Å². The second-order valence-corrected chi connectivity index (χ2v) is 7.87. The van der Waals surface area contributed by atoms with Gasteiger partial charge in [0.05, 0.1) is 5.69 Å². The van der Waals surface area contributed by atoms with Crippen molar-refractivity contribution in [2.75, 3.05) is 0 Å². The molecule has 3 heterocycles. The molecular formula is C22H27N5O2. The molecule has 1 aromatic carbocycles. The molecule has 0 atom stereocenters. The Hall–Kier alpha value is -3.09. The molecule has 0 aliphatic carbocycles. The van der Waals surface area contributed by atoms with Gasteiger partial charge in [0.2, 0.25) is 5.78 Å². The van der Waals surface area contributed by atoms with Crippen LogP contribution in [0.1, 0.15) is 42.3 Å². The van der Waals surface area contributed by atoms with Crippen LogP contribution in [0.5, 0.6) is 0 Å². The maximum absolute atomic E-state index is 13.3. The number of aromatic nitrogens is 5. The van der Waals surface area contributed by atoms with Gasteiger partial charge in [-0.15, -0.1) is 0 Å². The van der Waals surface area contributed by atoms with Crippen molar-refractivity contribution in [2.45, 2.75) is 54.0 Å². The largest absolute Gasteiger partial charge is 0.332 e. The Labute approximate surface area is 168 Å². The van der Waals surface area contributed by atoms with Crippen molar-refractivity contribution in [3.63, 3.8) is 0 Å². The fourth-order valence-corrected chi connectivity index (χ4v) is 4.01. The lowest BCUT2D eigenvalue weighted by Gasteiger charge is -2.11. The Kier molecular flexibility index (Phi) is 4.48. The van der Waals surface area contributed by atoms with Crippen LogP contribution >= 0.6 is 0 Å². The molecule has 4 rings (SSSR count). The Morgan fingerprint density at radius 3 is 2.45 bits per heavy atom. The Morgan fingerprint density at radius 2 is 1.76 bits per heavy atom. The van der Waals surface area contributed by atoms with Crippen LogP contribution in [0.25, 0.3) is 22.6 Å². The molecule has 0 aliphatic rings. The first-order chi connectivity index (χ1) is 13.8. The Balaban J connectivity index is 2.17. The summed E-state index contributed by atoms with van der Waals surface area (Å²) in [5.74, 6) is 0.657. The average Bonchev–Trinajstić information content (AvgIpc) is 3.18. The van der Waals surface area contributed by atoms with Crippen LogP contribution in [0.4, 0.5) is 0 Å². The van der Waals surface area contributed by atoms with Crippen molar-refractivity contribution < 1.29 is 0 Å². The van der Waals surface area contributed by atoms with Crippen molar-refractivity contribution in [3.05, 3.63) is 61.6 Å². The Morgan fingerprint density at radius 1 is 1.03 bits per heavy atom. The highest BCUT2D eigenvalue weighted by molar-refractivity contribution is 5.77. The molecule has 0 saturated heterocycles. The number of hydrogen-bond acceptors (Lipinski definition) is 3. The molecule has 0 bridgehead atoms. The van der Waals surface area contributed by atoms with Gasteiger partial charge in [0.15, 0.2) is 11.2 Å². The second kappa shape index (κ2) is 6.76. The van der Waals surface area contributed by atoms with Gasteiger partial charge in [0.1, 0.15) is 0 Å². The average molecular weight is 393 g/mol. The van der Waals surface area contributed by atoms with Gasteiger partial charge in [-0.1, -0.05) is 25.5 Å². The fraction of sp³-hybridized carbons (Fsp3) is 0.409. The normalized spacial score (nSPS) is 11.8. The summed E-state index contributed by atoms with van der Waals surface area (Å²) in [5, 5.41) is 0. The van der Waals surface area contributed by atoms with Gasteiger partial charge in [-0.2, -0.15) is 4.98 Å². The summed E-state index contributed by atoms with van der Waals surface area (Å²) in [6, 6.07) is 6.30. The lowest BCUT2D eigenvalue weighted by molar-refractivity contribution is 0.566. The summed E-state index contributed by atoms with van der Waals surface area (Å²) in [5.41, 5.74) is 5.57. The summed E-state index contributed by atoms with van der Waals surface area (Å²) >= 11 is 0. The van der Waals surface area contributed by atoms with E-state index in [0.29, 0.717) is 23.5 Å². The lowest BCUT2D eigenvalue weighted by atomic mass is 10.1. The van der Waals surface area contributed by atoms with E-state index in [1.165, 1.54) is 9.13 Å². The summed E-state index contributed by atoms with van der Waals surface area (Å²) in [4.78, 5) is 30.8. The van der Waals surface area contributed by atoms with E-state index in [1.807, 2.05) is 25.2 Å². The smallest absolute Gasteiger partial charge is 0.282 e. The molecule has 0 aliphatic heterocycles. The van der Waals surface area contributed by atoms with E-state index in [2.05, 4.69) is 36.6 Å². The first-order valence-corrected chi connectivity index (χ1v) is 10.1. The Bertz CT molecular complexity index is 1380. The first-order valence-electron chi connectivity index (χ1n) is 10.1. The number of benzene rings is 1. The molecule has 0 N–H and O–H groups in total. The van der Waals surface area contributed by atoms with E-state index in [9.17, 15) is 9.59 Å². The minimum absolute atomic E-state index is 0.273. The van der Waals surface area contributed by atoms with Gasteiger partial charge in [-0.25, -0.2) is 4.79 Å². The van der Waals surface area contributed by atoms with Crippen LogP contribution in [0.2, 0.25) is 0 Å². The zero-order valence-corrected chi connectivity index (χ0v) is 17.9. The molecular weight excluding hydrogens is 366 g/mol. The highest BCUT2D eigenvalue weighted by atomic mass is 16.2. The van der Waals surface area contributed by atoms with E-state index >= 15 is 0 Å². The molecule has 152 valence electrons. The standard InChI is InChI=1S/C22H27N5O2/c1-7-8-11-25-20(28)18-19(24(6)22(25)29)23-21-26(15(4)16(5)27(18)21)17-12-13(2)9-10-14(17)3/h9-10,12H,7-8,11H2,1-6H3. The topological polar surface area (TPSA) is 66.2 Å². The van der Waals surface area contributed by atoms with Crippen LogP contribution in [0.3, 0.4) is 0 Å². The number of rotatable bonds is 4. The monoisotopic (exact) mass is 393 g/mol. The molecule has 3 aromatic heterocycles. The van der Waals surface area contributed by atoms with E-state index in [0.717, 1.165) is 41.0 Å². The SMILES string of the molecule is CCCCn1c(=O)c2c(nc3n(-c4cc(C)ccc4C)c(C)c(C)n23)n(C)c1=O. The molecule has 7 nitrogen and oxygen atoms in total. The molecule has 7 heteroatoms. The minimum atomic E-state index is -0.315. The van der Waals surface area contributed by atoms with E-state index in [-0.39, 0.29) is 11.2 Å². The van der Waals surface area contributed by atoms with Gasteiger partial charge >= 0.3 is 5.69 Å². The van der Waals surface area contributed by atoms with Gasteiger partial charge in [-0.05, 0) is 51.3 Å². The van der Waals surface area contributed by atoms with Crippen LogP contribution in [0, 0.1) is 27.7 Å². The molecule has 0 saturated carbocycles. The molecule has 0 fully saturated rings. The highest BCUT2D eigenvalue weighted by Crippen LogP contribution is 2.26. The maximum atomic E-state index is 13.3. The van der Waals surface area contributed by atoms with Crippen molar-refractivity contribution in [1.29, 1.82) is 0 Å². The summed E-state index contributed by atoms with van der Waals surface area (Å²) in [6.07, 6.45) is 1.70. The van der Waals surface area contributed by atoms with Crippen LogP contribution in [-0.2, 0) is 13.6 Å². The lowest BCUT2D eigenvalue weighted by Crippen LogP contribution is -2.39. The maximum Gasteiger partial charge on any atom is 0.332 e. The second-order valence-electron chi connectivity index (χ2n) is 7.87. The van der Waals surface area contributed by atoms with Crippen molar-refractivity contribution in [3.8, 4) is 5.69 Å². The van der Waals surface area contributed by atoms with Crippen LogP contribution in [-0.4, -0.2) is 23.1 Å². The summed E-state index contributed by atoms with van der Waals surface area (Å²) in [6.45, 7) is 10.6. The van der Waals surface area contributed by atoms with Crippen molar-refractivity contribution >= 4 is 16.9 Å². The van der Waals surface area contributed by atoms with E-state index in [1.54, 1.807) is 7.05 Å². The zero-order valence-electron chi connectivity index (χ0n) is 17.9. The third-order valence-electron chi connectivity index (χ3n) is 5.86. The number of imidazole rings is 2. The van der Waals surface area contributed by atoms with E-state index < -0.39 is 0 Å². The summed E-state index contributed by atoms with van der Waals surface area (Å²) in [7, 11) is 1.68. The van der Waals surface area contributed by atoms with Gasteiger partial charge in [-0.3, -0.25) is 22.9 Å². The first kappa shape index (κ1) is 19.2. The predicted molar refractivity (Wildman–Crippen MR) is 115 cm³/mol. The quantitative estimate of drug-likeness (QED) is 0.535. The van der Waals surface area contributed by atoms with Gasteiger partial charge in [0.25, 0.3) is 5.56 Å². The molecule has 0 amide bonds. The molecule has 0 radical (unpaired) electrons.